The molecule has 140 valence electrons. The van der Waals surface area contributed by atoms with Gasteiger partial charge in [-0.05, 0) is 31.8 Å². The molecule has 0 atom stereocenters. The van der Waals surface area contributed by atoms with Crippen LogP contribution in [0.15, 0.2) is 0 Å². The first-order chi connectivity index (χ1) is 10.1. The van der Waals surface area contributed by atoms with E-state index in [4.69, 9.17) is 28.9 Å². The Morgan fingerprint density at radius 1 is 0.913 bits per heavy atom. The third-order valence-electron chi connectivity index (χ3n) is 2.08. The van der Waals surface area contributed by atoms with Crippen LogP contribution in [0, 0.1) is 0 Å². The van der Waals surface area contributed by atoms with E-state index in [-0.39, 0.29) is 16.8 Å². The molecule has 11 heteroatoms. The van der Waals surface area contributed by atoms with E-state index in [9.17, 15) is 0 Å². The molecule has 0 rings (SSSR count). The van der Waals surface area contributed by atoms with E-state index in [1.807, 2.05) is 37.3 Å². The van der Waals surface area contributed by atoms with Crippen LogP contribution in [0.3, 0.4) is 0 Å². The molecule has 0 saturated carbocycles. The van der Waals surface area contributed by atoms with Crippen LogP contribution in [0.5, 0.6) is 0 Å². The van der Waals surface area contributed by atoms with Gasteiger partial charge in [0.05, 0.1) is 25.3 Å². The summed E-state index contributed by atoms with van der Waals surface area (Å²) in [6.45, 7) is 2.88. The quantitative estimate of drug-likeness (QED) is 0.143. The van der Waals surface area contributed by atoms with Crippen molar-refractivity contribution in [3.8, 4) is 0 Å². The predicted octanol–water partition coefficient (Wildman–Crippen LogP) is 0.927. The van der Waals surface area contributed by atoms with Gasteiger partial charge < -0.3 is 10.6 Å². The van der Waals surface area contributed by atoms with Gasteiger partial charge in [0.2, 0.25) is 0 Å². The number of thiol groups is 2. The number of hydrogen-bond acceptors (Lipinski definition) is 1. The van der Waals surface area contributed by atoms with Crippen LogP contribution in [0.2, 0.25) is 0 Å². The molecule has 0 aromatic heterocycles. The molecule has 0 aromatic carbocycles. The molecular formula is C12H31Cl2CoN4S4+6. The van der Waals surface area contributed by atoms with Crippen molar-refractivity contribution in [1.29, 1.82) is 0 Å². The molecule has 0 spiro atoms. The minimum atomic E-state index is 0. The summed E-state index contributed by atoms with van der Waals surface area (Å²) < 4.78 is 5.41. The summed E-state index contributed by atoms with van der Waals surface area (Å²) in [6.07, 6.45) is 0. The fraction of sp³-hybridized carbons (Fsp3) is 0.833. The van der Waals surface area contributed by atoms with Crippen LogP contribution in [0.1, 0.15) is 0 Å². The van der Waals surface area contributed by atoms with Gasteiger partial charge in [-0.1, -0.05) is 0 Å². The maximum absolute atomic E-state index is 6.96. The van der Waals surface area contributed by atoms with Crippen LogP contribution >= 0.6 is 48.5 Å². The van der Waals surface area contributed by atoms with Crippen molar-refractivity contribution < 1.29 is 25.9 Å². The Hall–Kier alpha value is 1.75. The van der Waals surface area contributed by atoms with Crippen molar-refractivity contribution in [3.05, 3.63) is 5.73 Å². The van der Waals surface area contributed by atoms with E-state index in [1.54, 1.807) is 0 Å². The predicted molar refractivity (Wildman–Crippen MR) is 120 cm³/mol. The Bertz CT molecular complexity index is 262. The Balaban J connectivity index is -0.000000122. The van der Waals surface area contributed by atoms with E-state index >= 15 is 0 Å². The number of nitrogens with zero attached hydrogens (tertiary/aromatic N) is 3. The topological polar surface area (TPSA) is 33.1 Å². The molecule has 0 radical (unpaired) electrons. The molecule has 23 heavy (non-hydrogen) atoms. The molecule has 0 aromatic rings. The summed E-state index contributed by atoms with van der Waals surface area (Å²) in [5.41, 5.74) is 6.96. The molecule has 0 aliphatic heterocycles. The van der Waals surface area contributed by atoms with Crippen molar-refractivity contribution in [2.45, 2.75) is 0 Å². The summed E-state index contributed by atoms with van der Waals surface area (Å²) in [4.78, 5) is 2.09. The summed E-state index contributed by atoms with van der Waals surface area (Å²) in [7, 11) is 7.65. The first-order valence-corrected chi connectivity index (χ1v) is 9.48. The van der Waals surface area contributed by atoms with Gasteiger partial charge in [0.1, 0.15) is 28.2 Å². The Kier molecular flexibility index (Phi) is 33.5. The fourth-order valence-electron chi connectivity index (χ4n) is 0.733. The van der Waals surface area contributed by atoms with Crippen LogP contribution in [-0.4, -0.2) is 88.9 Å². The van der Waals surface area contributed by atoms with E-state index in [1.165, 1.54) is 0 Å². The number of rotatable bonds is 6. The SMILES string of the molecule is C[N+](C)=C(S)[SH2+].C[N+](C)=C(S)[SH2+].[Co+3].[NH-]CCN(CCCl)CCCl. The van der Waals surface area contributed by atoms with E-state index < -0.39 is 0 Å². The van der Waals surface area contributed by atoms with Crippen molar-refractivity contribution in [3.63, 3.8) is 0 Å². The Morgan fingerprint density at radius 3 is 1.30 bits per heavy atom. The minimum Gasteiger partial charge on any atom is -0.676 e. The van der Waals surface area contributed by atoms with E-state index in [2.05, 4.69) is 55.4 Å². The summed E-state index contributed by atoms with van der Waals surface area (Å²) in [5, 5.41) is 0. The van der Waals surface area contributed by atoms with E-state index in [0.717, 1.165) is 28.4 Å². The number of hydrogen-bond donors (Lipinski definition) is 2. The smallest absolute Gasteiger partial charge is 0.676 e. The number of nitrogens with one attached hydrogen (secondary N) is 1. The molecule has 0 amide bonds. The van der Waals surface area contributed by atoms with Gasteiger partial charge in [-0.3, -0.25) is 0 Å². The monoisotopic (exact) mass is 488 g/mol. The zero-order valence-electron chi connectivity index (χ0n) is 14.1. The van der Waals surface area contributed by atoms with Crippen LogP contribution < -0.4 is 0 Å². The van der Waals surface area contributed by atoms with Crippen LogP contribution in [0.4, 0.5) is 0 Å². The third kappa shape index (κ3) is 32.0. The second-order valence-electron chi connectivity index (χ2n) is 4.41. The number of alkyl halides is 2. The normalized spacial score (nSPS) is 8.87. The van der Waals surface area contributed by atoms with Gasteiger partial charge in [0.15, 0.2) is 0 Å². The molecule has 0 fully saturated rings. The van der Waals surface area contributed by atoms with Gasteiger partial charge >= 0.3 is 25.5 Å². The molecule has 1 N–H and O–H groups in total. The van der Waals surface area contributed by atoms with Crippen molar-refractivity contribution >= 4 is 82.5 Å². The average molecular weight is 490 g/mol. The minimum absolute atomic E-state index is 0. The molecule has 0 bridgehead atoms. The second kappa shape index (κ2) is 23.7. The Morgan fingerprint density at radius 2 is 1.17 bits per heavy atom. The average Bonchev–Trinajstić information content (AvgIpc) is 2.40. The molecule has 4 nitrogen and oxygen atoms in total. The van der Waals surface area contributed by atoms with Gasteiger partial charge in [-0.15, -0.1) is 29.7 Å². The largest absolute Gasteiger partial charge is 3.00 e. The first-order valence-electron chi connectivity index (χ1n) is 6.52. The molecule has 0 saturated heterocycles. The maximum atomic E-state index is 6.96. The Labute approximate surface area is 184 Å². The second-order valence-corrected chi connectivity index (χ2v) is 7.80. The summed E-state index contributed by atoms with van der Waals surface area (Å²) in [6, 6.07) is 0. The van der Waals surface area contributed by atoms with Gasteiger partial charge in [0.25, 0.3) is 0 Å². The van der Waals surface area contributed by atoms with Crippen LogP contribution in [0.25, 0.3) is 5.73 Å². The number of halogens is 2. The first kappa shape index (κ1) is 32.4. The summed E-state index contributed by atoms with van der Waals surface area (Å²) >= 11 is 25.3. The van der Waals surface area contributed by atoms with Crippen molar-refractivity contribution in [2.75, 3.05) is 66.1 Å². The molecule has 0 aliphatic carbocycles. The molecule has 0 heterocycles. The molecule has 0 unspecified atom stereocenters. The fourth-order valence-corrected chi connectivity index (χ4v) is 1.21. The van der Waals surface area contributed by atoms with Crippen LogP contribution in [-0.2, 0) is 42.0 Å². The van der Waals surface area contributed by atoms with Gasteiger partial charge in [-0.2, -0.15) is 9.15 Å². The summed E-state index contributed by atoms with van der Waals surface area (Å²) in [5.74, 6) is 1.24. The standard InChI is InChI=1S/C6H13Cl2N2.2C3H7NS2.Co/c7-1-4-10(5-2-8)6-3-9;2*1-4(2)3(5)6;/h9H,1-6H2;2*1-2H3,(H,5,6);/q-1;;;+3/p+4. The zero-order chi connectivity index (χ0) is 18.1. The van der Waals surface area contributed by atoms with Crippen molar-refractivity contribution in [1.82, 2.24) is 4.90 Å². The van der Waals surface area contributed by atoms with Crippen molar-refractivity contribution in [2.24, 2.45) is 0 Å². The van der Waals surface area contributed by atoms with E-state index in [0.29, 0.717) is 18.3 Å². The third-order valence-corrected chi connectivity index (χ3v) is 4.11. The maximum Gasteiger partial charge on any atom is 3.00 e. The van der Waals surface area contributed by atoms with Gasteiger partial charge in [0, 0.05) is 24.8 Å². The van der Waals surface area contributed by atoms with Gasteiger partial charge in [-0.25, -0.2) is 0 Å². The zero-order valence-corrected chi connectivity index (χ0v) is 20.4. The molecule has 0 aliphatic rings. The molecular weight excluding hydrogens is 458 g/mol.